The first-order chi connectivity index (χ1) is 15.3. The largest absolute Gasteiger partial charge is 0.348 e. The van der Waals surface area contributed by atoms with Crippen molar-refractivity contribution < 1.29 is 18.0 Å². The van der Waals surface area contributed by atoms with Crippen molar-refractivity contribution in [1.82, 2.24) is 10.6 Å². The first-order valence-electron chi connectivity index (χ1n) is 9.92. The van der Waals surface area contributed by atoms with Crippen molar-refractivity contribution in [2.75, 3.05) is 13.1 Å². The van der Waals surface area contributed by atoms with Gasteiger partial charge in [-0.3, -0.25) is 9.59 Å². The molecular formula is C23H23ClN2O4S2. The molecule has 0 saturated heterocycles. The van der Waals surface area contributed by atoms with Crippen LogP contribution in [0.15, 0.2) is 70.9 Å². The number of benzene rings is 2. The normalized spacial score (nSPS) is 12.2. The molecule has 0 fully saturated rings. The second-order valence-corrected chi connectivity index (χ2v) is 10.8. The Labute approximate surface area is 196 Å². The SMILES string of the molecule is Cc1ccc(S(=O)(=O)[C@H](CNC(=O)C(=O)NCCc2ccc(Cl)cc2)c2cccs2)cc1. The summed E-state index contributed by atoms with van der Waals surface area (Å²) in [6, 6.07) is 17.2. The molecule has 0 unspecified atom stereocenters. The third-order valence-corrected chi connectivity index (χ3v) is 8.34. The van der Waals surface area contributed by atoms with Gasteiger partial charge in [-0.15, -0.1) is 11.3 Å². The second-order valence-electron chi connectivity index (χ2n) is 7.20. The number of thiophene rings is 1. The predicted octanol–water partition coefficient (Wildman–Crippen LogP) is 3.70. The lowest BCUT2D eigenvalue weighted by Gasteiger charge is -2.17. The number of carbonyl (C=O) groups is 2. The van der Waals surface area contributed by atoms with E-state index in [0.717, 1.165) is 11.1 Å². The maximum absolute atomic E-state index is 13.2. The number of aryl methyl sites for hydroxylation is 1. The van der Waals surface area contributed by atoms with Gasteiger partial charge >= 0.3 is 11.8 Å². The van der Waals surface area contributed by atoms with Gasteiger partial charge in [0.25, 0.3) is 0 Å². The fraction of sp³-hybridized carbons (Fsp3) is 0.217. The van der Waals surface area contributed by atoms with Crippen LogP contribution in [0, 0.1) is 6.92 Å². The molecule has 1 heterocycles. The Bertz CT molecular complexity index is 1160. The summed E-state index contributed by atoms with van der Waals surface area (Å²) in [5, 5.41) is 6.43. The van der Waals surface area contributed by atoms with Gasteiger partial charge in [-0.2, -0.15) is 0 Å². The van der Waals surface area contributed by atoms with Gasteiger partial charge in [0.1, 0.15) is 5.25 Å². The molecule has 0 aliphatic carbocycles. The highest BCUT2D eigenvalue weighted by Gasteiger charge is 2.31. The quantitative estimate of drug-likeness (QED) is 0.471. The highest BCUT2D eigenvalue weighted by atomic mass is 35.5. The monoisotopic (exact) mass is 490 g/mol. The topological polar surface area (TPSA) is 92.3 Å². The van der Waals surface area contributed by atoms with Crippen molar-refractivity contribution >= 4 is 44.6 Å². The molecule has 3 aromatic rings. The molecule has 0 spiro atoms. The van der Waals surface area contributed by atoms with Gasteiger partial charge in [0.2, 0.25) is 0 Å². The molecule has 2 N–H and O–H groups in total. The van der Waals surface area contributed by atoms with E-state index in [2.05, 4.69) is 10.6 Å². The molecule has 9 heteroatoms. The second kappa shape index (κ2) is 10.8. The van der Waals surface area contributed by atoms with Crippen molar-refractivity contribution in [1.29, 1.82) is 0 Å². The predicted molar refractivity (Wildman–Crippen MR) is 127 cm³/mol. The molecule has 0 radical (unpaired) electrons. The van der Waals surface area contributed by atoms with Crippen molar-refractivity contribution in [3.63, 3.8) is 0 Å². The van der Waals surface area contributed by atoms with Gasteiger partial charge in [-0.25, -0.2) is 8.42 Å². The van der Waals surface area contributed by atoms with E-state index in [9.17, 15) is 18.0 Å². The van der Waals surface area contributed by atoms with Crippen LogP contribution >= 0.6 is 22.9 Å². The van der Waals surface area contributed by atoms with E-state index in [1.165, 1.54) is 11.3 Å². The maximum Gasteiger partial charge on any atom is 0.309 e. The van der Waals surface area contributed by atoms with Crippen molar-refractivity contribution in [3.05, 3.63) is 87.1 Å². The van der Waals surface area contributed by atoms with Gasteiger partial charge < -0.3 is 10.6 Å². The Balaban J connectivity index is 1.61. The summed E-state index contributed by atoms with van der Waals surface area (Å²) in [7, 11) is -3.77. The highest BCUT2D eigenvalue weighted by molar-refractivity contribution is 7.91. The Morgan fingerprint density at radius 1 is 0.969 bits per heavy atom. The van der Waals surface area contributed by atoms with Gasteiger partial charge in [-0.05, 0) is 54.6 Å². The fourth-order valence-corrected chi connectivity index (χ4v) is 5.96. The zero-order valence-electron chi connectivity index (χ0n) is 17.4. The molecule has 1 atom stereocenters. The third-order valence-electron chi connectivity index (χ3n) is 4.85. The van der Waals surface area contributed by atoms with Crippen LogP contribution in [0.1, 0.15) is 21.3 Å². The van der Waals surface area contributed by atoms with Crippen molar-refractivity contribution in [2.45, 2.75) is 23.5 Å². The van der Waals surface area contributed by atoms with Crippen LogP contribution in [0.4, 0.5) is 0 Å². The fourth-order valence-electron chi connectivity index (χ4n) is 3.05. The van der Waals surface area contributed by atoms with E-state index in [4.69, 9.17) is 11.6 Å². The molecule has 2 amide bonds. The van der Waals surface area contributed by atoms with Crippen LogP contribution in [0.2, 0.25) is 5.02 Å². The average Bonchev–Trinajstić information content (AvgIpc) is 3.29. The molecule has 0 saturated carbocycles. The summed E-state index contributed by atoms with van der Waals surface area (Å²) in [6.45, 7) is 1.93. The number of hydrogen-bond acceptors (Lipinski definition) is 5. The Kier molecular flexibility index (Phi) is 8.06. The summed E-state index contributed by atoms with van der Waals surface area (Å²) in [4.78, 5) is 25.2. The minimum atomic E-state index is -3.77. The van der Waals surface area contributed by atoms with Crippen LogP contribution in [0.3, 0.4) is 0 Å². The number of rotatable bonds is 8. The Morgan fingerprint density at radius 3 is 2.25 bits per heavy atom. The first-order valence-corrected chi connectivity index (χ1v) is 12.7. The van der Waals surface area contributed by atoms with Gasteiger partial charge in [0.05, 0.1) is 4.90 Å². The number of nitrogens with one attached hydrogen (secondary N) is 2. The van der Waals surface area contributed by atoms with E-state index in [1.54, 1.807) is 53.9 Å². The number of amides is 2. The summed E-state index contributed by atoms with van der Waals surface area (Å²) < 4.78 is 26.4. The lowest BCUT2D eigenvalue weighted by Crippen LogP contribution is -2.42. The third kappa shape index (κ3) is 6.18. The van der Waals surface area contributed by atoms with Gasteiger partial charge in [0.15, 0.2) is 9.84 Å². The first kappa shape index (κ1) is 24.0. The van der Waals surface area contributed by atoms with E-state index < -0.39 is 26.9 Å². The van der Waals surface area contributed by atoms with Gasteiger partial charge in [-0.1, -0.05) is 47.5 Å². The summed E-state index contributed by atoms with van der Waals surface area (Å²) in [6.07, 6.45) is 0.538. The smallest absolute Gasteiger partial charge is 0.309 e. The molecule has 2 aromatic carbocycles. The molecule has 0 bridgehead atoms. The lowest BCUT2D eigenvalue weighted by molar-refractivity contribution is -0.139. The molecule has 32 heavy (non-hydrogen) atoms. The molecule has 168 valence electrons. The minimum absolute atomic E-state index is 0.170. The van der Waals surface area contributed by atoms with Gasteiger partial charge in [0, 0.05) is 23.0 Å². The molecule has 3 rings (SSSR count). The van der Waals surface area contributed by atoms with E-state index >= 15 is 0 Å². The highest BCUT2D eigenvalue weighted by Crippen LogP contribution is 2.31. The minimum Gasteiger partial charge on any atom is -0.348 e. The van der Waals surface area contributed by atoms with Crippen LogP contribution in [-0.4, -0.2) is 33.3 Å². The maximum atomic E-state index is 13.2. The molecular weight excluding hydrogens is 468 g/mol. The average molecular weight is 491 g/mol. The molecule has 0 aliphatic rings. The molecule has 6 nitrogen and oxygen atoms in total. The standard InChI is InChI=1S/C23H23ClN2O4S2/c1-16-4-10-19(11-5-16)32(29,30)21(20-3-2-14-31-20)15-26-23(28)22(27)25-13-12-17-6-8-18(24)9-7-17/h2-11,14,21H,12-13,15H2,1H3,(H,25,27)(H,26,28)/t21-/m1/s1. The van der Waals surface area contributed by atoms with Crippen LogP contribution in [0.25, 0.3) is 0 Å². The number of halogens is 1. The Hall–Kier alpha value is -2.68. The number of hydrogen-bond donors (Lipinski definition) is 2. The van der Waals surface area contributed by atoms with Crippen molar-refractivity contribution in [3.8, 4) is 0 Å². The van der Waals surface area contributed by atoms with E-state index in [-0.39, 0.29) is 18.0 Å². The summed E-state index contributed by atoms with van der Waals surface area (Å²) >= 11 is 7.14. The molecule has 0 aliphatic heterocycles. The zero-order valence-corrected chi connectivity index (χ0v) is 19.8. The van der Waals surface area contributed by atoms with Crippen molar-refractivity contribution in [2.24, 2.45) is 0 Å². The lowest BCUT2D eigenvalue weighted by atomic mass is 10.1. The van der Waals surface area contributed by atoms with Crippen LogP contribution in [0.5, 0.6) is 0 Å². The number of carbonyl (C=O) groups excluding carboxylic acids is 2. The van der Waals surface area contributed by atoms with E-state index in [0.29, 0.717) is 16.3 Å². The number of sulfone groups is 1. The Morgan fingerprint density at radius 2 is 1.62 bits per heavy atom. The summed E-state index contributed by atoms with van der Waals surface area (Å²) in [5.41, 5.74) is 1.91. The van der Waals surface area contributed by atoms with Crippen LogP contribution < -0.4 is 10.6 Å². The van der Waals surface area contributed by atoms with Crippen LogP contribution in [-0.2, 0) is 25.8 Å². The van der Waals surface area contributed by atoms with E-state index in [1.807, 2.05) is 19.1 Å². The molecule has 1 aromatic heterocycles. The zero-order chi connectivity index (χ0) is 23.1. The summed E-state index contributed by atoms with van der Waals surface area (Å²) in [5.74, 6) is -1.68.